The maximum atomic E-state index is 12.0. The monoisotopic (exact) mass is 197 g/mol. The molecule has 1 aliphatic rings. The smallest absolute Gasteiger partial charge is 0.141 e. The van der Waals surface area contributed by atoms with Gasteiger partial charge >= 0.3 is 0 Å². The number of carbonyl (C=O) groups is 1. The lowest BCUT2D eigenvalue weighted by Crippen LogP contribution is -2.39. The molecule has 1 heterocycles. The summed E-state index contributed by atoms with van der Waals surface area (Å²) in [5.41, 5.74) is -0.154. The molecule has 0 spiro atoms. The number of Topliss-reactive ketones (excluding diaryl/α,β-unsaturated/α-hetero) is 1. The molecule has 2 heteroatoms. The number of ketones is 1. The van der Waals surface area contributed by atoms with E-state index in [-0.39, 0.29) is 5.41 Å². The van der Waals surface area contributed by atoms with Crippen molar-refractivity contribution in [2.45, 2.75) is 40.5 Å². The number of hydrogen-bond donors (Lipinski definition) is 0. The summed E-state index contributed by atoms with van der Waals surface area (Å²) in [5.74, 6) is 0.769. The van der Waals surface area contributed by atoms with E-state index in [0.29, 0.717) is 11.7 Å². The molecule has 0 aromatic rings. The number of rotatable bonds is 2. The van der Waals surface area contributed by atoms with Gasteiger partial charge < -0.3 is 4.90 Å². The lowest BCUT2D eigenvalue weighted by atomic mass is 9.79. The fraction of sp³-hybridized carbons (Fsp3) is 0.917. The van der Waals surface area contributed by atoms with Crippen LogP contribution in [-0.2, 0) is 4.79 Å². The van der Waals surface area contributed by atoms with Crippen LogP contribution in [0.2, 0.25) is 0 Å². The Balaban J connectivity index is 2.46. The third-order valence-electron chi connectivity index (χ3n) is 3.14. The van der Waals surface area contributed by atoms with Crippen molar-refractivity contribution in [2.75, 3.05) is 19.6 Å². The number of piperidine rings is 1. The minimum absolute atomic E-state index is 0.154. The van der Waals surface area contributed by atoms with E-state index in [1.54, 1.807) is 0 Å². The van der Waals surface area contributed by atoms with Gasteiger partial charge in [-0.2, -0.15) is 0 Å². The summed E-state index contributed by atoms with van der Waals surface area (Å²) in [5, 5.41) is 0. The molecule has 82 valence electrons. The van der Waals surface area contributed by atoms with Crippen molar-refractivity contribution in [1.29, 1.82) is 0 Å². The summed E-state index contributed by atoms with van der Waals surface area (Å²) >= 11 is 0. The molecule has 0 bridgehead atoms. The number of carbonyl (C=O) groups excluding carboxylic acids is 1. The Hall–Kier alpha value is -0.370. The van der Waals surface area contributed by atoms with Gasteiger partial charge in [-0.25, -0.2) is 0 Å². The molecule has 0 saturated carbocycles. The van der Waals surface area contributed by atoms with Crippen LogP contribution in [0.15, 0.2) is 0 Å². The third-order valence-corrected chi connectivity index (χ3v) is 3.14. The van der Waals surface area contributed by atoms with Gasteiger partial charge in [0.2, 0.25) is 0 Å². The summed E-state index contributed by atoms with van der Waals surface area (Å²) in [6.45, 7) is 11.6. The molecule has 0 atom stereocenters. The molecular formula is C12H23NO. The van der Waals surface area contributed by atoms with Crippen LogP contribution >= 0.6 is 0 Å². The minimum atomic E-state index is -0.154. The predicted octanol–water partition coefficient (Wildman–Crippen LogP) is 2.33. The van der Waals surface area contributed by atoms with E-state index in [9.17, 15) is 4.79 Å². The van der Waals surface area contributed by atoms with E-state index in [2.05, 4.69) is 11.8 Å². The first kappa shape index (κ1) is 11.7. The van der Waals surface area contributed by atoms with Gasteiger partial charge in [0.15, 0.2) is 0 Å². The number of hydrogen-bond acceptors (Lipinski definition) is 2. The van der Waals surface area contributed by atoms with E-state index in [4.69, 9.17) is 0 Å². The first-order valence-electron chi connectivity index (χ1n) is 5.72. The largest absolute Gasteiger partial charge is 0.304 e. The zero-order valence-electron chi connectivity index (χ0n) is 9.97. The van der Waals surface area contributed by atoms with Gasteiger partial charge in [-0.3, -0.25) is 4.79 Å². The SMILES string of the molecule is CCN1CCC(C(=O)C(C)(C)C)CC1. The highest BCUT2D eigenvalue weighted by Gasteiger charge is 2.31. The van der Waals surface area contributed by atoms with Crippen LogP contribution in [0, 0.1) is 11.3 Å². The molecule has 1 fully saturated rings. The van der Waals surface area contributed by atoms with Crippen LogP contribution in [-0.4, -0.2) is 30.3 Å². The normalized spacial score (nSPS) is 21.1. The van der Waals surface area contributed by atoms with Crippen LogP contribution in [0.5, 0.6) is 0 Å². The Labute approximate surface area is 87.7 Å². The fourth-order valence-corrected chi connectivity index (χ4v) is 2.12. The van der Waals surface area contributed by atoms with E-state index in [1.807, 2.05) is 20.8 Å². The Morgan fingerprint density at radius 2 is 1.79 bits per heavy atom. The molecule has 0 unspecified atom stereocenters. The highest BCUT2D eigenvalue weighted by atomic mass is 16.1. The molecule has 1 aliphatic heterocycles. The fourth-order valence-electron chi connectivity index (χ4n) is 2.12. The average molecular weight is 197 g/mol. The predicted molar refractivity (Wildman–Crippen MR) is 59.3 cm³/mol. The highest BCUT2D eigenvalue weighted by Crippen LogP contribution is 2.27. The van der Waals surface area contributed by atoms with E-state index < -0.39 is 0 Å². The van der Waals surface area contributed by atoms with Crippen molar-refractivity contribution >= 4 is 5.78 Å². The third kappa shape index (κ3) is 2.81. The molecule has 1 saturated heterocycles. The van der Waals surface area contributed by atoms with E-state index in [0.717, 1.165) is 32.5 Å². The molecule has 0 aromatic heterocycles. The molecule has 0 radical (unpaired) electrons. The highest BCUT2D eigenvalue weighted by molar-refractivity contribution is 5.86. The lowest BCUT2D eigenvalue weighted by Gasteiger charge is -2.33. The maximum Gasteiger partial charge on any atom is 0.141 e. The van der Waals surface area contributed by atoms with Crippen LogP contribution in [0.4, 0.5) is 0 Å². The minimum Gasteiger partial charge on any atom is -0.304 e. The van der Waals surface area contributed by atoms with Crippen molar-refractivity contribution in [2.24, 2.45) is 11.3 Å². The summed E-state index contributed by atoms with van der Waals surface area (Å²) in [6.07, 6.45) is 2.12. The zero-order valence-corrected chi connectivity index (χ0v) is 9.97. The van der Waals surface area contributed by atoms with Gasteiger partial charge in [0.05, 0.1) is 0 Å². The second-order valence-corrected chi connectivity index (χ2v) is 5.32. The Bertz CT molecular complexity index is 197. The molecule has 14 heavy (non-hydrogen) atoms. The molecular weight excluding hydrogens is 174 g/mol. The zero-order chi connectivity index (χ0) is 10.8. The van der Waals surface area contributed by atoms with E-state index in [1.165, 1.54) is 0 Å². The van der Waals surface area contributed by atoms with Gasteiger partial charge in [-0.15, -0.1) is 0 Å². The van der Waals surface area contributed by atoms with Gasteiger partial charge in [-0.1, -0.05) is 27.7 Å². The molecule has 0 aliphatic carbocycles. The summed E-state index contributed by atoms with van der Waals surface area (Å²) < 4.78 is 0. The Morgan fingerprint density at radius 3 is 2.14 bits per heavy atom. The van der Waals surface area contributed by atoms with Crippen LogP contribution < -0.4 is 0 Å². The Morgan fingerprint density at radius 1 is 1.29 bits per heavy atom. The van der Waals surface area contributed by atoms with Crippen molar-refractivity contribution in [3.63, 3.8) is 0 Å². The van der Waals surface area contributed by atoms with Crippen molar-refractivity contribution < 1.29 is 4.79 Å². The van der Waals surface area contributed by atoms with Crippen LogP contribution in [0.3, 0.4) is 0 Å². The van der Waals surface area contributed by atoms with Crippen molar-refractivity contribution in [3.8, 4) is 0 Å². The van der Waals surface area contributed by atoms with Gasteiger partial charge in [0.25, 0.3) is 0 Å². The van der Waals surface area contributed by atoms with Crippen molar-refractivity contribution in [1.82, 2.24) is 4.90 Å². The quantitative estimate of drug-likeness (QED) is 0.677. The van der Waals surface area contributed by atoms with Gasteiger partial charge in [-0.05, 0) is 32.5 Å². The van der Waals surface area contributed by atoms with Crippen molar-refractivity contribution in [3.05, 3.63) is 0 Å². The maximum absolute atomic E-state index is 12.0. The van der Waals surface area contributed by atoms with Crippen LogP contribution in [0.1, 0.15) is 40.5 Å². The Kier molecular flexibility index (Phi) is 3.71. The summed E-state index contributed by atoms with van der Waals surface area (Å²) in [7, 11) is 0. The topological polar surface area (TPSA) is 20.3 Å². The molecule has 2 nitrogen and oxygen atoms in total. The number of likely N-dealkylation sites (tertiary alicyclic amines) is 1. The van der Waals surface area contributed by atoms with Gasteiger partial charge in [0, 0.05) is 11.3 Å². The molecule has 0 amide bonds. The molecule has 0 N–H and O–H groups in total. The molecule has 1 rings (SSSR count). The molecule has 0 aromatic carbocycles. The first-order chi connectivity index (χ1) is 6.45. The second kappa shape index (κ2) is 4.43. The summed E-state index contributed by atoms with van der Waals surface area (Å²) in [6, 6.07) is 0. The van der Waals surface area contributed by atoms with Gasteiger partial charge in [0.1, 0.15) is 5.78 Å². The lowest BCUT2D eigenvalue weighted by molar-refractivity contribution is -0.131. The summed E-state index contributed by atoms with van der Waals surface area (Å²) in [4.78, 5) is 14.4. The average Bonchev–Trinajstić information content (AvgIpc) is 2.15. The first-order valence-corrected chi connectivity index (χ1v) is 5.72. The standard InChI is InChI=1S/C12H23NO/c1-5-13-8-6-10(7-9-13)11(14)12(2,3)4/h10H,5-9H2,1-4H3. The van der Waals surface area contributed by atoms with E-state index >= 15 is 0 Å². The van der Waals surface area contributed by atoms with Crippen LogP contribution in [0.25, 0.3) is 0 Å². The second-order valence-electron chi connectivity index (χ2n) is 5.32. The number of nitrogens with zero attached hydrogens (tertiary/aromatic N) is 1.